The van der Waals surface area contributed by atoms with Crippen LogP contribution in [0, 0.1) is 107 Å². The summed E-state index contributed by atoms with van der Waals surface area (Å²) in [7, 11) is 0. The molecule has 0 aliphatic rings. The van der Waals surface area contributed by atoms with Gasteiger partial charge in [0.1, 0.15) is 22.3 Å². The zero-order valence-electron chi connectivity index (χ0n) is 25.0. The van der Waals surface area contributed by atoms with E-state index in [4.69, 9.17) is 20.4 Å². The minimum Gasteiger partial charge on any atom is -0.477 e. The van der Waals surface area contributed by atoms with Crippen LogP contribution in [0.1, 0.15) is 41.4 Å². The second-order valence-electron chi connectivity index (χ2n) is 9.00. The highest BCUT2D eigenvalue weighted by Crippen LogP contribution is 2.28. The number of carboxylic acid groups (broad SMARTS) is 4. The van der Waals surface area contributed by atoms with Gasteiger partial charge < -0.3 is 20.4 Å². The SMILES string of the molecule is O=C(O)c1c(F)c(F)c(I)c(F)c1F.O=C(O)c1c(F)c(F)c(I)c(F)c1F.O=C(O)c1c(F)c(F)c(I)c(F)c1F.O=C(O)c1c(F)c(F)c(I)c(F)c1F. The lowest BCUT2D eigenvalue weighted by Gasteiger charge is -2.04. The molecule has 4 aromatic carbocycles. The number of halogens is 20. The first-order valence-electron chi connectivity index (χ1n) is 12.5. The van der Waals surface area contributed by atoms with Crippen molar-refractivity contribution in [2.24, 2.45) is 0 Å². The van der Waals surface area contributed by atoms with Gasteiger partial charge in [0.15, 0.2) is 93.1 Å². The van der Waals surface area contributed by atoms with Crippen molar-refractivity contribution in [1.82, 2.24) is 0 Å². The van der Waals surface area contributed by atoms with Crippen molar-refractivity contribution in [2.75, 3.05) is 0 Å². The van der Waals surface area contributed by atoms with E-state index in [2.05, 4.69) is 0 Å². The number of rotatable bonds is 4. The zero-order chi connectivity index (χ0) is 44.2. The third kappa shape index (κ3) is 10.5. The van der Waals surface area contributed by atoms with E-state index in [1.165, 1.54) is 0 Å². The highest BCUT2D eigenvalue weighted by molar-refractivity contribution is 14.1. The van der Waals surface area contributed by atoms with E-state index < -0.39 is 153 Å². The normalized spacial score (nSPS) is 10.4. The van der Waals surface area contributed by atoms with E-state index in [0.717, 1.165) is 90.4 Å². The molecule has 0 aliphatic heterocycles. The van der Waals surface area contributed by atoms with Gasteiger partial charge in [0.05, 0.1) is 14.3 Å². The number of carbonyl (C=O) groups is 4. The lowest BCUT2D eigenvalue weighted by atomic mass is 10.2. The summed E-state index contributed by atoms with van der Waals surface area (Å²) in [6, 6.07) is 0. The zero-order valence-corrected chi connectivity index (χ0v) is 33.6. The van der Waals surface area contributed by atoms with Crippen molar-refractivity contribution >= 4 is 114 Å². The van der Waals surface area contributed by atoms with Gasteiger partial charge in [0.25, 0.3) is 0 Å². The van der Waals surface area contributed by atoms with Crippen LogP contribution < -0.4 is 0 Å². The molecule has 0 radical (unpaired) electrons. The van der Waals surface area contributed by atoms with Gasteiger partial charge in [-0.25, -0.2) is 89.4 Å². The van der Waals surface area contributed by atoms with Crippen molar-refractivity contribution in [1.29, 1.82) is 0 Å². The van der Waals surface area contributed by atoms with Gasteiger partial charge in [-0.05, 0) is 90.4 Å². The molecule has 4 rings (SSSR count). The van der Waals surface area contributed by atoms with Gasteiger partial charge in [-0.15, -0.1) is 0 Å². The molecule has 0 heterocycles. The molecule has 0 aliphatic carbocycles. The molecule has 8 nitrogen and oxygen atoms in total. The molecule has 0 spiro atoms. The highest BCUT2D eigenvalue weighted by atomic mass is 127. The lowest BCUT2D eigenvalue weighted by Crippen LogP contribution is -2.11. The molecule has 0 atom stereocenters. The third-order valence-electron chi connectivity index (χ3n) is 5.69. The minimum absolute atomic E-state index is 0.914. The standard InChI is InChI=1S/4C7HF4IO2/c4*8-2-1(7(13)14)3(9)5(11)6(12)4(2)10/h4*(H,13,14). The average Bonchev–Trinajstić information content (AvgIpc) is 3.11. The topological polar surface area (TPSA) is 149 Å². The minimum atomic E-state index is -2.06. The molecule has 4 N–H and O–H groups in total. The van der Waals surface area contributed by atoms with Gasteiger partial charge in [0, 0.05) is 0 Å². The van der Waals surface area contributed by atoms with Crippen LogP contribution in [0.15, 0.2) is 0 Å². The average molecular weight is 1280 g/mol. The van der Waals surface area contributed by atoms with E-state index >= 15 is 0 Å². The Labute approximate surface area is 351 Å². The number of benzene rings is 4. The van der Waals surface area contributed by atoms with Gasteiger partial charge in [-0.1, -0.05) is 0 Å². The molecule has 28 heteroatoms. The molecule has 56 heavy (non-hydrogen) atoms. The maximum Gasteiger partial charge on any atom is 0.341 e. The van der Waals surface area contributed by atoms with Crippen LogP contribution in [0.25, 0.3) is 0 Å². The Morgan fingerprint density at radius 2 is 0.339 bits per heavy atom. The molecule has 4 aromatic rings. The monoisotopic (exact) mass is 1280 g/mol. The maximum atomic E-state index is 12.8. The Morgan fingerprint density at radius 1 is 0.250 bits per heavy atom. The second kappa shape index (κ2) is 20.3. The summed E-state index contributed by atoms with van der Waals surface area (Å²) in [6.07, 6.45) is 0. The number of carboxylic acids is 4. The van der Waals surface area contributed by atoms with E-state index in [9.17, 15) is 89.4 Å². The molecule has 0 aromatic heterocycles. The van der Waals surface area contributed by atoms with Crippen molar-refractivity contribution < 1.29 is 110 Å². The predicted molar refractivity (Wildman–Crippen MR) is 184 cm³/mol. The summed E-state index contributed by atoms with van der Waals surface area (Å²) in [5.41, 5.74) is -6.50. The van der Waals surface area contributed by atoms with E-state index in [0.29, 0.717) is 0 Å². The first kappa shape index (κ1) is 50.6. The number of aromatic carboxylic acids is 4. The molecule has 0 unspecified atom stereocenters. The predicted octanol–water partition coefficient (Wildman–Crippen LogP) is 10.2. The largest absolute Gasteiger partial charge is 0.477 e. The van der Waals surface area contributed by atoms with Crippen LogP contribution in [-0.4, -0.2) is 44.3 Å². The Morgan fingerprint density at radius 3 is 0.411 bits per heavy atom. The molecule has 0 saturated heterocycles. The Hall–Kier alpha value is -3.44. The summed E-state index contributed by atoms with van der Waals surface area (Å²) in [5, 5.41) is 33.1. The molecule has 304 valence electrons. The van der Waals surface area contributed by atoms with Gasteiger partial charge in [-0.2, -0.15) is 0 Å². The Bertz CT molecular complexity index is 1880. The molecule has 0 bridgehead atoms. The number of hydrogen-bond donors (Lipinski definition) is 4. The first-order valence-corrected chi connectivity index (χ1v) is 16.8. The molecule has 0 saturated carbocycles. The number of hydrogen-bond acceptors (Lipinski definition) is 4. The van der Waals surface area contributed by atoms with Gasteiger partial charge >= 0.3 is 23.9 Å². The fraction of sp³-hybridized carbons (Fsp3) is 0. The van der Waals surface area contributed by atoms with Crippen LogP contribution in [0.4, 0.5) is 70.2 Å². The fourth-order valence-corrected chi connectivity index (χ4v) is 5.06. The van der Waals surface area contributed by atoms with Crippen LogP contribution >= 0.6 is 90.4 Å². The quantitative estimate of drug-likeness (QED) is 0.0683. The summed E-state index contributed by atoms with van der Waals surface area (Å²) >= 11 is 4.15. The van der Waals surface area contributed by atoms with Crippen LogP contribution in [0.3, 0.4) is 0 Å². The van der Waals surface area contributed by atoms with E-state index in [1.54, 1.807) is 0 Å². The van der Waals surface area contributed by atoms with Gasteiger partial charge in [-0.3, -0.25) is 0 Å². The van der Waals surface area contributed by atoms with Crippen LogP contribution in [-0.2, 0) is 0 Å². The molecule has 0 fully saturated rings. The molecule has 0 amide bonds. The lowest BCUT2D eigenvalue weighted by molar-refractivity contribution is 0.0672. The summed E-state index contributed by atoms with van der Waals surface area (Å²) in [5.74, 6) is -37.1. The van der Waals surface area contributed by atoms with Crippen molar-refractivity contribution in [3.63, 3.8) is 0 Å². The third-order valence-corrected chi connectivity index (χ3v) is 9.48. The maximum absolute atomic E-state index is 12.8. The smallest absolute Gasteiger partial charge is 0.341 e. The highest BCUT2D eigenvalue weighted by Gasteiger charge is 2.31. The second-order valence-corrected chi connectivity index (χ2v) is 13.3. The van der Waals surface area contributed by atoms with E-state index in [1.807, 2.05) is 0 Å². The summed E-state index contributed by atoms with van der Waals surface area (Å²) < 4.78 is 201. The summed E-state index contributed by atoms with van der Waals surface area (Å²) in [4.78, 5) is 41.0. The molecular weight excluding hydrogens is 1280 g/mol. The summed E-state index contributed by atoms with van der Waals surface area (Å²) in [6.45, 7) is 0. The first-order chi connectivity index (χ1) is 25.5. The van der Waals surface area contributed by atoms with Crippen LogP contribution in [0.2, 0.25) is 0 Å². The van der Waals surface area contributed by atoms with Crippen molar-refractivity contribution in [3.05, 3.63) is 130 Å². The van der Waals surface area contributed by atoms with E-state index in [-0.39, 0.29) is 0 Å². The Balaban J connectivity index is 0.000000373. The Kier molecular flexibility index (Phi) is 18.3. The molecular formula is C28H4F16I4O8. The fourth-order valence-electron chi connectivity index (χ4n) is 3.17. The van der Waals surface area contributed by atoms with Gasteiger partial charge in [0.2, 0.25) is 0 Å². The van der Waals surface area contributed by atoms with Crippen LogP contribution in [0.5, 0.6) is 0 Å². The van der Waals surface area contributed by atoms with Crippen molar-refractivity contribution in [2.45, 2.75) is 0 Å². The van der Waals surface area contributed by atoms with Crippen molar-refractivity contribution in [3.8, 4) is 0 Å².